The van der Waals surface area contributed by atoms with Gasteiger partial charge in [0.05, 0.1) is 5.01 Å². The number of rotatable bonds is 5. The molecule has 0 bridgehead atoms. The lowest BCUT2D eigenvalue weighted by Gasteiger charge is -2.30. The Balaban J connectivity index is 1.74. The van der Waals surface area contributed by atoms with Crippen LogP contribution in [-0.2, 0) is 0 Å². The summed E-state index contributed by atoms with van der Waals surface area (Å²) in [6.45, 7) is 5.67. The Bertz CT molecular complexity index is 310. The minimum absolute atomic E-state index is 0.553. The molecule has 0 spiro atoms. The molecule has 1 saturated carbocycles. The van der Waals surface area contributed by atoms with Crippen molar-refractivity contribution in [3.63, 3.8) is 0 Å². The van der Waals surface area contributed by atoms with Gasteiger partial charge in [-0.25, -0.2) is 4.98 Å². The highest BCUT2D eigenvalue weighted by molar-refractivity contribution is 7.09. The smallest absolute Gasteiger partial charge is 0.0965 e. The molecule has 1 aliphatic carbocycles. The quantitative estimate of drug-likeness (QED) is 0.862. The Labute approximate surface area is 109 Å². The second kappa shape index (κ2) is 6.50. The van der Waals surface area contributed by atoms with E-state index >= 15 is 0 Å². The number of hydrogen-bond acceptors (Lipinski definition) is 3. The fourth-order valence-corrected chi connectivity index (χ4v) is 3.45. The maximum absolute atomic E-state index is 4.39. The SMILES string of the molecule is CCC1CCCC(NCC(C)c2nccs2)C1. The number of aromatic nitrogens is 1. The van der Waals surface area contributed by atoms with Gasteiger partial charge in [0.1, 0.15) is 0 Å². The first-order valence-corrected chi connectivity index (χ1v) is 7.80. The zero-order chi connectivity index (χ0) is 12.1. The molecule has 1 heterocycles. The lowest BCUT2D eigenvalue weighted by Crippen LogP contribution is -2.36. The number of thiazole rings is 1. The molecule has 3 unspecified atom stereocenters. The zero-order valence-electron chi connectivity index (χ0n) is 11.0. The Morgan fingerprint density at radius 2 is 2.41 bits per heavy atom. The van der Waals surface area contributed by atoms with Gasteiger partial charge < -0.3 is 5.32 Å². The lowest BCUT2D eigenvalue weighted by molar-refractivity contribution is 0.277. The van der Waals surface area contributed by atoms with E-state index in [1.54, 1.807) is 11.3 Å². The average molecular weight is 252 g/mol. The van der Waals surface area contributed by atoms with Crippen molar-refractivity contribution in [2.45, 2.75) is 57.9 Å². The lowest BCUT2D eigenvalue weighted by atomic mass is 9.84. The van der Waals surface area contributed by atoms with Crippen molar-refractivity contribution < 1.29 is 0 Å². The molecule has 1 aliphatic rings. The van der Waals surface area contributed by atoms with E-state index in [0.717, 1.165) is 18.5 Å². The van der Waals surface area contributed by atoms with E-state index in [4.69, 9.17) is 0 Å². The molecule has 17 heavy (non-hydrogen) atoms. The molecule has 1 aromatic rings. The van der Waals surface area contributed by atoms with Gasteiger partial charge in [-0.05, 0) is 18.8 Å². The molecule has 0 aliphatic heterocycles. The zero-order valence-corrected chi connectivity index (χ0v) is 11.8. The second-order valence-corrected chi connectivity index (χ2v) is 6.24. The molecule has 96 valence electrons. The summed E-state index contributed by atoms with van der Waals surface area (Å²) in [6.07, 6.45) is 8.84. The van der Waals surface area contributed by atoms with Gasteiger partial charge in [0.2, 0.25) is 0 Å². The summed E-state index contributed by atoms with van der Waals surface area (Å²) in [5.41, 5.74) is 0. The van der Waals surface area contributed by atoms with Crippen molar-refractivity contribution in [3.05, 3.63) is 16.6 Å². The first-order chi connectivity index (χ1) is 8.29. The van der Waals surface area contributed by atoms with Crippen LogP contribution >= 0.6 is 11.3 Å². The van der Waals surface area contributed by atoms with Crippen LogP contribution in [0.25, 0.3) is 0 Å². The van der Waals surface area contributed by atoms with E-state index in [1.165, 1.54) is 37.1 Å². The topological polar surface area (TPSA) is 24.9 Å². The van der Waals surface area contributed by atoms with Crippen molar-refractivity contribution in [1.82, 2.24) is 10.3 Å². The van der Waals surface area contributed by atoms with Gasteiger partial charge in [-0.15, -0.1) is 11.3 Å². The van der Waals surface area contributed by atoms with Crippen LogP contribution in [0.2, 0.25) is 0 Å². The standard InChI is InChI=1S/C14H24N2S/c1-3-12-5-4-6-13(9-12)16-10-11(2)14-15-7-8-17-14/h7-8,11-13,16H,3-6,9-10H2,1-2H3. The van der Waals surface area contributed by atoms with E-state index in [1.807, 2.05) is 6.20 Å². The molecule has 0 aromatic carbocycles. The van der Waals surface area contributed by atoms with Gasteiger partial charge in [-0.2, -0.15) is 0 Å². The molecule has 2 rings (SSSR count). The summed E-state index contributed by atoms with van der Waals surface area (Å²) < 4.78 is 0. The summed E-state index contributed by atoms with van der Waals surface area (Å²) in [7, 11) is 0. The summed E-state index contributed by atoms with van der Waals surface area (Å²) in [6, 6.07) is 0.746. The van der Waals surface area contributed by atoms with Gasteiger partial charge >= 0.3 is 0 Å². The highest BCUT2D eigenvalue weighted by atomic mass is 32.1. The molecule has 0 radical (unpaired) electrons. The van der Waals surface area contributed by atoms with Crippen LogP contribution in [0.4, 0.5) is 0 Å². The monoisotopic (exact) mass is 252 g/mol. The molecule has 0 saturated heterocycles. The van der Waals surface area contributed by atoms with E-state index < -0.39 is 0 Å². The maximum Gasteiger partial charge on any atom is 0.0965 e. The highest BCUT2D eigenvalue weighted by Gasteiger charge is 2.21. The predicted molar refractivity (Wildman–Crippen MR) is 74.6 cm³/mol. The molecule has 3 heteroatoms. The van der Waals surface area contributed by atoms with Gasteiger partial charge in [0, 0.05) is 30.1 Å². The van der Waals surface area contributed by atoms with Crippen molar-refractivity contribution in [2.24, 2.45) is 5.92 Å². The van der Waals surface area contributed by atoms with Crippen molar-refractivity contribution in [2.75, 3.05) is 6.54 Å². The van der Waals surface area contributed by atoms with Crippen LogP contribution in [-0.4, -0.2) is 17.6 Å². The first kappa shape index (κ1) is 13.0. The molecule has 2 nitrogen and oxygen atoms in total. The van der Waals surface area contributed by atoms with Crippen LogP contribution in [0, 0.1) is 5.92 Å². The van der Waals surface area contributed by atoms with E-state index in [0.29, 0.717) is 5.92 Å². The molecule has 0 amide bonds. The Morgan fingerprint density at radius 1 is 1.53 bits per heavy atom. The normalized spacial score (nSPS) is 26.9. The predicted octanol–water partition coefficient (Wildman–Crippen LogP) is 3.81. The van der Waals surface area contributed by atoms with Gasteiger partial charge in [-0.1, -0.05) is 33.1 Å². The van der Waals surface area contributed by atoms with Crippen LogP contribution in [0.5, 0.6) is 0 Å². The minimum Gasteiger partial charge on any atom is -0.313 e. The molecule has 1 N–H and O–H groups in total. The van der Waals surface area contributed by atoms with Crippen LogP contribution in [0.3, 0.4) is 0 Å². The first-order valence-electron chi connectivity index (χ1n) is 6.92. The van der Waals surface area contributed by atoms with E-state index in [2.05, 4.69) is 29.5 Å². The van der Waals surface area contributed by atoms with Gasteiger partial charge in [-0.3, -0.25) is 0 Å². The van der Waals surface area contributed by atoms with Crippen molar-refractivity contribution in [1.29, 1.82) is 0 Å². The summed E-state index contributed by atoms with van der Waals surface area (Å²) >= 11 is 1.77. The Morgan fingerprint density at radius 3 is 3.12 bits per heavy atom. The van der Waals surface area contributed by atoms with Crippen LogP contribution in [0.1, 0.15) is 56.9 Å². The summed E-state index contributed by atoms with van der Waals surface area (Å²) in [5, 5.41) is 7.07. The second-order valence-electron chi connectivity index (χ2n) is 5.32. The highest BCUT2D eigenvalue weighted by Crippen LogP contribution is 2.27. The summed E-state index contributed by atoms with van der Waals surface area (Å²) in [5.74, 6) is 1.51. The maximum atomic E-state index is 4.39. The molecule has 3 atom stereocenters. The van der Waals surface area contributed by atoms with Crippen LogP contribution < -0.4 is 5.32 Å². The van der Waals surface area contributed by atoms with Gasteiger partial charge in [0.25, 0.3) is 0 Å². The molecular formula is C14H24N2S. The molecule has 1 aromatic heterocycles. The summed E-state index contributed by atoms with van der Waals surface area (Å²) in [4.78, 5) is 4.39. The third-order valence-electron chi connectivity index (χ3n) is 3.95. The largest absolute Gasteiger partial charge is 0.313 e. The van der Waals surface area contributed by atoms with Crippen LogP contribution in [0.15, 0.2) is 11.6 Å². The van der Waals surface area contributed by atoms with E-state index in [9.17, 15) is 0 Å². The fraction of sp³-hybridized carbons (Fsp3) is 0.786. The average Bonchev–Trinajstić information content (AvgIpc) is 2.90. The molecule has 1 fully saturated rings. The van der Waals surface area contributed by atoms with Gasteiger partial charge in [0.15, 0.2) is 0 Å². The van der Waals surface area contributed by atoms with E-state index in [-0.39, 0.29) is 0 Å². The van der Waals surface area contributed by atoms with Crippen molar-refractivity contribution in [3.8, 4) is 0 Å². The van der Waals surface area contributed by atoms with Crippen molar-refractivity contribution >= 4 is 11.3 Å². The Kier molecular flexibility index (Phi) is 4.99. The third-order valence-corrected chi connectivity index (χ3v) is 4.95. The number of nitrogens with zero attached hydrogens (tertiary/aromatic N) is 1. The Hall–Kier alpha value is -0.410. The number of hydrogen-bond donors (Lipinski definition) is 1. The minimum atomic E-state index is 0.553. The molecular weight excluding hydrogens is 228 g/mol. The fourth-order valence-electron chi connectivity index (χ4n) is 2.76. The third kappa shape index (κ3) is 3.78. The number of nitrogens with one attached hydrogen (secondary N) is 1.